The quantitative estimate of drug-likeness (QED) is 0.767. The van der Waals surface area contributed by atoms with Crippen LogP contribution in [-0.2, 0) is 4.74 Å². The average molecular weight is 222 g/mol. The zero-order valence-electron chi connectivity index (χ0n) is 9.97. The van der Waals surface area contributed by atoms with Crippen molar-refractivity contribution in [1.29, 1.82) is 0 Å². The molecule has 2 heterocycles. The number of ether oxygens (including phenoxy) is 1. The standard InChI is InChI=1S/C11H18N4O/c1-7-4-13-11(12)14-10(7)15-5-8(2)16-9(3)6-15/h4,8-9H,5-6H2,1-3H3,(H2,12,13,14)/t8-,9+. The van der Waals surface area contributed by atoms with Gasteiger partial charge in [0.15, 0.2) is 0 Å². The Morgan fingerprint density at radius 1 is 1.38 bits per heavy atom. The monoisotopic (exact) mass is 222 g/mol. The Labute approximate surface area is 95.6 Å². The van der Waals surface area contributed by atoms with Gasteiger partial charge < -0.3 is 15.4 Å². The molecule has 88 valence electrons. The molecule has 0 radical (unpaired) electrons. The minimum Gasteiger partial charge on any atom is -0.372 e. The highest BCUT2D eigenvalue weighted by atomic mass is 16.5. The van der Waals surface area contributed by atoms with Crippen molar-refractivity contribution in [3.8, 4) is 0 Å². The minimum absolute atomic E-state index is 0.222. The van der Waals surface area contributed by atoms with Gasteiger partial charge in [0.2, 0.25) is 5.95 Å². The van der Waals surface area contributed by atoms with E-state index in [9.17, 15) is 0 Å². The van der Waals surface area contributed by atoms with Crippen LogP contribution in [0.5, 0.6) is 0 Å². The van der Waals surface area contributed by atoms with Crippen LogP contribution in [0.4, 0.5) is 11.8 Å². The zero-order valence-corrected chi connectivity index (χ0v) is 9.97. The summed E-state index contributed by atoms with van der Waals surface area (Å²) in [5.74, 6) is 1.25. The van der Waals surface area contributed by atoms with Gasteiger partial charge in [0.25, 0.3) is 0 Å². The molecule has 0 amide bonds. The third-order valence-corrected chi connectivity index (χ3v) is 2.68. The molecule has 2 atom stereocenters. The first-order valence-corrected chi connectivity index (χ1v) is 5.56. The molecule has 5 nitrogen and oxygen atoms in total. The van der Waals surface area contributed by atoms with Gasteiger partial charge in [0.05, 0.1) is 12.2 Å². The van der Waals surface area contributed by atoms with Crippen LogP contribution in [0.15, 0.2) is 6.20 Å². The maximum absolute atomic E-state index is 5.69. The second kappa shape index (κ2) is 4.25. The number of rotatable bonds is 1. The molecule has 0 aromatic carbocycles. The van der Waals surface area contributed by atoms with Crippen molar-refractivity contribution in [3.05, 3.63) is 11.8 Å². The molecule has 0 saturated carbocycles. The molecule has 16 heavy (non-hydrogen) atoms. The maximum Gasteiger partial charge on any atom is 0.221 e. The number of hydrogen-bond acceptors (Lipinski definition) is 5. The summed E-state index contributed by atoms with van der Waals surface area (Å²) >= 11 is 0. The Morgan fingerprint density at radius 3 is 2.62 bits per heavy atom. The van der Waals surface area contributed by atoms with Crippen LogP contribution in [0.25, 0.3) is 0 Å². The van der Waals surface area contributed by atoms with Crippen LogP contribution in [0, 0.1) is 6.92 Å². The molecule has 5 heteroatoms. The van der Waals surface area contributed by atoms with E-state index in [1.54, 1.807) is 6.20 Å². The molecular weight excluding hydrogens is 204 g/mol. The molecule has 2 rings (SSSR count). The number of nitrogens with two attached hydrogens (primary N) is 1. The number of nitrogens with zero attached hydrogens (tertiary/aromatic N) is 3. The Morgan fingerprint density at radius 2 is 2.00 bits per heavy atom. The van der Waals surface area contributed by atoms with Gasteiger partial charge in [-0.1, -0.05) is 0 Å². The van der Waals surface area contributed by atoms with Gasteiger partial charge in [0, 0.05) is 24.8 Å². The Balaban J connectivity index is 2.25. The number of aromatic nitrogens is 2. The molecule has 0 spiro atoms. The predicted octanol–water partition coefficient (Wildman–Crippen LogP) is 0.981. The summed E-state index contributed by atoms with van der Waals surface area (Å²) in [6, 6.07) is 0. The van der Waals surface area contributed by atoms with E-state index in [0.29, 0.717) is 5.95 Å². The number of anilines is 2. The van der Waals surface area contributed by atoms with Crippen molar-refractivity contribution in [1.82, 2.24) is 9.97 Å². The first-order valence-electron chi connectivity index (χ1n) is 5.56. The number of nitrogen functional groups attached to an aromatic ring is 1. The van der Waals surface area contributed by atoms with E-state index in [0.717, 1.165) is 24.5 Å². The third-order valence-electron chi connectivity index (χ3n) is 2.68. The molecule has 2 N–H and O–H groups in total. The number of morpholine rings is 1. The van der Waals surface area contributed by atoms with Crippen molar-refractivity contribution in [2.75, 3.05) is 23.7 Å². The van der Waals surface area contributed by atoms with Gasteiger partial charge in [0.1, 0.15) is 5.82 Å². The van der Waals surface area contributed by atoms with Crippen LogP contribution in [0.1, 0.15) is 19.4 Å². The highest BCUT2D eigenvalue weighted by Crippen LogP contribution is 2.21. The van der Waals surface area contributed by atoms with Gasteiger partial charge in [-0.3, -0.25) is 0 Å². The van der Waals surface area contributed by atoms with Gasteiger partial charge in [-0.05, 0) is 20.8 Å². The topological polar surface area (TPSA) is 64.3 Å². The van der Waals surface area contributed by atoms with Gasteiger partial charge in [-0.25, -0.2) is 4.98 Å². The molecule has 1 fully saturated rings. The fraction of sp³-hybridized carbons (Fsp3) is 0.636. The lowest BCUT2D eigenvalue weighted by Gasteiger charge is -2.36. The van der Waals surface area contributed by atoms with E-state index in [4.69, 9.17) is 10.5 Å². The summed E-state index contributed by atoms with van der Waals surface area (Å²) in [6.45, 7) is 7.84. The van der Waals surface area contributed by atoms with Crippen LogP contribution in [-0.4, -0.2) is 35.3 Å². The van der Waals surface area contributed by atoms with Crippen molar-refractivity contribution in [2.45, 2.75) is 33.0 Å². The van der Waals surface area contributed by atoms with E-state index < -0.39 is 0 Å². The molecule has 1 aliphatic rings. The lowest BCUT2D eigenvalue weighted by Crippen LogP contribution is -2.46. The third kappa shape index (κ3) is 2.24. The molecule has 1 aliphatic heterocycles. The first kappa shape index (κ1) is 11.1. The average Bonchev–Trinajstić information content (AvgIpc) is 2.20. The fourth-order valence-corrected chi connectivity index (χ4v) is 2.12. The second-order valence-corrected chi connectivity index (χ2v) is 4.40. The summed E-state index contributed by atoms with van der Waals surface area (Å²) in [5.41, 5.74) is 6.67. The van der Waals surface area contributed by atoms with Crippen LogP contribution >= 0.6 is 0 Å². The van der Waals surface area contributed by atoms with Crippen molar-refractivity contribution < 1.29 is 4.74 Å². The SMILES string of the molecule is Cc1cnc(N)nc1N1C[C@@H](C)O[C@@H](C)C1. The van der Waals surface area contributed by atoms with Crippen molar-refractivity contribution in [3.63, 3.8) is 0 Å². The molecule has 0 aliphatic carbocycles. The summed E-state index contributed by atoms with van der Waals surface area (Å²) in [6.07, 6.45) is 2.21. The molecule has 0 bridgehead atoms. The molecule has 0 unspecified atom stereocenters. The summed E-state index contributed by atoms with van der Waals surface area (Å²) in [4.78, 5) is 10.5. The highest BCUT2D eigenvalue weighted by molar-refractivity contribution is 5.48. The maximum atomic E-state index is 5.69. The zero-order chi connectivity index (χ0) is 11.7. The van der Waals surface area contributed by atoms with Crippen LogP contribution in [0.3, 0.4) is 0 Å². The van der Waals surface area contributed by atoms with E-state index in [1.807, 2.05) is 6.92 Å². The lowest BCUT2D eigenvalue weighted by atomic mass is 10.2. The van der Waals surface area contributed by atoms with Gasteiger partial charge in [-0.2, -0.15) is 4.98 Å². The van der Waals surface area contributed by atoms with Crippen LogP contribution in [0.2, 0.25) is 0 Å². The van der Waals surface area contributed by atoms with E-state index in [-0.39, 0.29) is 12.2 Å². The van der Waals surface area contributed by atoms with Crippen molar-refractivity contribution >= 4 is 11.8 Å². The Hall–Kier alpha value is -1.36. The lowest BCUT2D eigenvalue weighted by molar-refractivity contribution is -0.00549. The van der Waals surface area contributed by atoms with E-state index >= 15 is 0 Å². The molecule has 1 aromatic rings. The Bertz CT molecular complexity index is 372. The predicted molar refractivity (Wildman–Crippen MR) is 63.4 cm³/mol. The minimum atomic E-state index is 0.222. The highest BCUT2D eigenvalue weighted by Gasteiger charge is 2.24. The number of hydrogen-bond donors (Lipinski definition) is 1. The molecular formula is C11H18N4O. The smallest absolute Gasteiger partial charge is 0.221 e. The fourth-order valence-electron chi connectivity index (χ4n) is 2.12. The van der Waals surface area contributed by atoms with E-state index in [2.05, 4.69) is 28.7 Å². The van der Waals surface area contributed by atoms with E-state index in [1.165, 1.54) is 0 Å². The largest absolute Gasteiger partial charge is 0.372 e. The first-order chi connectivity index (χ1) is 7.56. The van der Waals surface area contributed by atoms with Gasteiger partial charge in [-0.15, -0.1) is 0 Å². The molecule has 1 aromatic heterocycles. The summed E-state index contributed by atoms with van der Waals surface area (Å²) in [5, 5.41) is 0. The summed E-state index contributed by atoms with van der Waals surface area (Å²) < 4.78 is 5.69. The number of aryl methyl sites for hydroxylation is 1. The second-order valence-electron chi connectivity index (χ2n) is 4.40. The summed E-state index contributed by atoms with van der Waals surface area (Å²) in [7, 11) is 0. The van der Waals surface area contributed by atoms with Gasteiger partial charge >= 0.3 is 0 Å². The van der Waals surface area contributed by atoms with Crippen LogP contribution < -0.4 is 10.6 Å². The van der Waals surface area contributed by atoms with Crippen molar-refractivity contribution in [2.24, 2.45) is 0 Å². The normalized spacial score (nSPS) is 25.8. The Kier molecular flexibility index (Phi) is 2.96. The molecule has 1 saturated heterocycles.